The molecule has 0 aliphatic heterocycles. The molecule has 0 aliphatic rings. The molecule has 1 aromatic heterocycles. The van der Waals surface area contributed by atoms with Crippen LogP contribution in [0.1, 0.15) is 19.4 Å². The van der Waals surface area contributed by atoms with Gasteiger partial charge in [-0.25, -0.2) is 0 Å². The average Bonchev–Trinajstić information content (AvgIpc) is 3.57. The highest BCUT2D eigenvalue weighted by Crippen LogP contribution is 2.46. The van der Waals surface area contributed by atoms with Crippen molar-refractivity contribution in [2.24, 2.45) is 0 Å². The summed E-state index contributed by atoms with van der Waals surface area (Å²) in [5.41, 5.74) is 11.3. The number of nitrogens with zero attached hydrogens (tertiary/aromatic N) is 2. The van der Waals surface area contributed by atoms with Crippen LogP contribution in [0.15, 0.2) is 182 Å². The van der Waals surface area contributed by atoms with Gasteiger partial charge >= 0.3 is 0 Å². The second kappa shape index (κ2) is 13.3. The van der Waals surface area contributed by atoms with E-state index in [2.05, 4.69) is 168 Å². The molecule has 2 nitrogen and oxygen atoms in total. The Balaban J connectivity index is 0.00000183. The fourth-order valence-corrected chi connectivity index (χ4v) is 8.05. The van der Waals surface area contributed by atoms with Crippen molar-refractivity contribution in [3.05, 3.63) is 188 Å². The highest BCUT2D eigenvalue weighted by molar-refractivity contribution is 6.23. The third-order valence-corrected chi connectivity index (χ3v) is 10.4. The zero-order chi connectivity index (χ0) is 35.9. The number of hydrogen-bond acceptors (Lipinski definition) is 1. The second-order valence-electron chi connectivity index (χ2n) is 13.2. The molecule has 2 heteroatoms. The first-order valence-corrected chi connectivity index (χ1v) is 18.3. The summed E-state index contributed by atoms with van der Waals surface area (Å²) in [7, 11) is 0. The van der Waals surface area contributed by atoms with Crippen molar-refractivity contribution < 1.29 is 0 Å². The van der Waals surface area contributed by atoms with Gasteiger partial charge in [0.05, 0.1) is 22.7 Å². The summed E-state index contributed by atoms with van der Waals surface area (Å²) in [6.07, 6.45) is 0. The van der Waals surface area contributed by atoms with Crippen LogP contribution in [0.4, 0.5) is 0 Å². The lowest BCUT2D eigenvalue weighted by atomic mass is 9.84. The van der Waals surface area contributed by atoms with Gasteiger partial charge in [-0.05, 0) is 120 Å². The van der Waals surface area contributed by atoms with Crippen molar-refractivity contribution in [3.8, 4) is 45.1 Å². The van der Waals surface area contributed by atoms with E-state index in [0.29, 0.717) is 5.56 Å². The Morgan fingerprint density at radius 2 is 0.925 bits per heavy atom. The number of nitriles is 1. The molecule has 0 spiro atoms. The Hall–Kier alpha value is -6.95. The van der Waals surface area contributed by atoms with Crippen LogP contribution < -0.4 is 0 Å². The molecule has 0 amide bonds. The van der Waals surface area contributed by atoms with Crippen LogP contribution in [0.3, 0.4) is 0 Å². The van der Waals surface area contributed by atoms with Crippen molar-refractivity contribution in [3.63, 3.8) is 0 Å². The van der Waals surface area contributed by atoms with Crippen molar-refractivity contribution >= 4 is 54.1 Å². The van der Waals surface area contributed by atoms with E-state index in [1.54, 1.807) is 0 Å². The summed E-state index contributed by atoms with van der Waals surface area (Å²) in [6, 6.07) is 67.7. The molecule has 10 aromatic rings. The van der Waals surface area contributed by atoms with Gasteiger partial charge in [-0.15, -0.1) is 0 Å². The van der Waals surface area contributed by atoms with Crippen LogP contribution >= 0.6 is 0 Å². The first-order valence-electron chi connectivity index (χ1n) is 18.3. The van der Waals surface area contributed by atoms with Gasteiger partial charge in [0, 0.05) is 16.5 Å². The minimum Gasteiger partial charge on any atom is -0.309 e. The van der Waals surface area contributed by atoms with Gasteiger partial charge in [0.1, 0.15) is 0 Å². The van der Waals surface area contributed by atoms with Gasteiger partial charge in [0.2, 0.25) is 0 Å². The van der Waals surface area contributed by atoms with Gasteiger partial charge < -0.3 is 4.57 Å². The Kier molecular flexibility index (Phi) is 8.03. The average molecular weight is 677 g/mol. The van der Waals surface area contributed by atoms with Gasteiger partial charge in [-0.3, -0.25) is 0 Å². The minimum atomic E-state index is 0.655. The predicted molar refractivity (Wildman–Crippen MR) is 226 cm³/mol. The zero-order valence-corrected chi connectivity index (χ0v) is 29.7. The standard InChI is InChI=1S/C49H30N2.C2H6/c50-31-32-18-24-39(25-19-32)51-46-17-9-8-14-40(46)44-30-38(23-27-47(44)51)49-42-16-7-6-15-41(42)48(37-21-20-34-12-4-5-13-35(34)28-37)43-26-22-36(29-45(43)49)33-10-2-1-3-11-33;1-2/h1-30H;1-2H3. The first kappa shape index (κ1) is 32.0. The van der Waals surface area contributed by atoms with Crippen LogP contribution in [0.25, 0.3) is 93.2 Å². The van der Waals surface area contributed by atoms with Crippen LogP contribution in [-0.2, 0) is 0 Å². The Labute approximate surface area is 309 Å². The van der Waals surface area contributed by atoms with E-state index in [1.165, 1.54) is 76.5 Å². The lowest BCUT2D eigenvalue weighted by Crippen LogP contribution is -1.94. The molecule has 0 aliphatic carbocycles. The van der Waals surface area contributed by atoms with E-state index >= 15 is 0 Å². The topological polar surface area (TPSA) is 28.7 Å². The molecule has 0 N–H and O–H groups in total. The van der Waals surface area contributed by atoms with Crippen molar-refractivity contribution in [2.45, 2.75) is 13.8 Å². The molecule has 1 heterocycles. The second-order valence-corrected chi connectivity index (χ2v) is 13.2. The van der Waals surface area contributed by atoms with Crippen molar-refractivity contribution in [2.75, 3.05) is 0 Å². The molecule has 0 bridgehead atoms. The molecule has 0 saturated heterocycles. The van der Waals surface area contributed by atoms with E-state index in [-0.39, 0.29) is 0 Å². The maximum Gasteiger partial charge on any atom is 0.0991 e. The van der Waals surface area contributed by atoms with Crippen LogP contribution in [0.2, 0.25) is 0 Å². The van der Waals surface area contributed by atoms with E-state index in [4.69, 9.17) is 0 Å². The highest BCUT2D eigenvalue weighted by atomic mass is 15.0. The van der Waals surface area contributed by atoms with Crippen LogP contribution in [0, 0.1) is 11.3 Å². The molecular formula is C51H36N2. The van der Waals surface area contributed by atoms with Crippen LogP contribution in [0.5, 0.6) is 0 Å². The molecule has 0 saturated carbocycles. The number of para-hydroxylation sites is 1. The maximum absolute atomic E-state index is 9.44. The van der Waals surface area contributed by atoms with E-state index in [0.717, 1.165) is 16.7 Å². The maximum atomic E-state index is 9.44. The minimum absolute atomic E-state index is 0.655. The molecule has 0 fully saturated rings. The predicted octanol–water partition coefficient (Wildman–Crippen LogP) is 14.1. The molecule has 0 atom stereocenters. The molecule has 53 heavy (non-hydrogen) atoms. The van der Waals surface area contributed by atoms with Crippen molar-refractivity contribution in [1.29, 1.82) is 5.26 Å². The van der Waals surface area contributed by atoms with E-state index < -0.39 is 0 Å². The number of benzene rings is 9. The normalized spacial score (nSPS) is 11.2. The van der Waals surface area contributed by atoms with Gasteiger partial charge in [0.25, 0.3) is 0 Å². The van der Waals surface area contributed by atoms with E-state index in [9.17, 15) is 5.26 Å². The summed E-state index contributed by atoms with van der Waals surface area (Å²) in [5.74, 6) is 0. The summed E-state index contributed by atoms with van der Waals surface area (Å²) in [5, 5.41) is 19.2. The largest absolute Gasteiger partial charge is 0.309 e. The lowest BCUT2D eigenvalue weighted by molar-refractivity contribution is 1.18. The lowest BCUT2D eigenvalue weighted by Gasteiger charge is -2.19. The SMILES string of the molecule is CC.N#Cc1ccc(-n2c3ccccc3c3cc(-c4c5ccccc5c(-c5ccc6ccccc6c5)c5ccc(-c6ccccc6)cc45)ccc32)cc1. The summed E-state index contributed by atoms with van der Waals surface area (Å²) >= 11 is 0. The first-order chi connectivity index (χ1) is 26.2. The third kappa shape index (κ3) is 5.34. The van der Waals surface area contributed by atoms with Gasteiger partial charge in [-0.1, -0.05) is 141 Å². The fourth-order valence-electron chi connectivity index (χ4n) is 8.05. The number of hydrogen-bond donors (Lipinski definition) is 0. The number of rotatable bonds is 4. The summed E-state index contributed by atoms with van der Waals surface area (Å²) in [6.45, 7) is 4.00. The number of aromatic nitrogens is 1. The molecule has 250 valence electrons. The van der Waals surface area contributed by atoms with Crippen LogP contribution in [-0.4, -0.2) is 4.57 Å². The number of fused-ring (bicyclic) bond motifs is 6. The molecule has 0 unspecified atom stereocenters. The Morgan fingerprint density at radius 3 is 1.68 bits per heavy atom. The smallest absolute Gasteiger partial charge is 0.0991 e. The Bertz CT molecular complexity index is 3020. The van der Waals surface area contributed by atoms with E-state index in [1.807, 2.05) is 38.1 Å². The fraction of sp³-hybridized carbons (Fsp3) is 0.0392. The third-order valence-electron chi connectivity index (χ3n) is 10.4. The molecule has 0 radical (unpaired) electrons. The monoisotopic (exact) mass is 676 g/mol. The zero-order valence-electron chi connectivity index (χ0n) is 29.7. The quantitative estimate of drug-likeness (QED) is 0.171. The van der Waals surface area contributed by atoms with Gasteiger partial charge in [-0.2, -0.15) is 5.26 Å². The molecular weight excluding hydrogens is 641 g/mol. The molecule has 9 aromatic carbocycles. The Morgan fingerprint density at radius 1 is 0.377 bits per heavy atom. The molecule has 10 rings (SSSR count). The summed E-state index contributed by atoms with van der Waals surface area (Å²) in [4.78, 5) is 0. The highest BCUT2D eigenvalue weighted by Gasteiger charge is 2.20. The van der Waals surface area contributed by atoms with Crippen molar-refractivity contribution in [1.82, 2.24) is 4.57 Å². The summed E-state index contributed by atoms with van der Waals surface area (Å²) < 4.78 is 2.31. The van der Waals surface area contributed by atoms with Gasteiger partial charge in [0.15, 0.2) is 0 Å².